The second kappa shape index (κ2) is 5.47. The molecule has 0 bridgehead atoms. The Morgan fingerprint density at radius 3 is 2.62 bits per heavy atom. The lowest BCUT2D eigenvalue weighted by Crippen LogP contribution is -2.19. The molecular formula is C16H23N5. The van der Waals surface area contributed by atoms with Gasteiger partial charge in [0.05, 0.1) is 11.7 Å². The maximum atomic E-state index is 4.77. The lowest BCUT2D eigenvalue weighted by molar-refractivity contribution is 0.514. The molecule has 1 aliphatic rings. The minimum absolute atomic E-state index is 0.218. The van der Waals surface area contributed by atoms with E-state index in [0.29, 0.717) is 12.0 Å². The standard InChI is InChI=1S/C16H23N5/c1-10(2)21-9-13-6-5-7-14(15(13)20-21)19-16-17-11(3)8-12(4)18-16/h8-10,14H,5-7H2,1-4H3,(H,17,18,19). The third-order valence-electron chi connectivity index (χ3n) is 3.92. The number of aryl methyl sites for hydroxylation is 3. The van der Waals surface area contributed by atoms with E-state index in [0.717, 1.165) is 29.9 Å². The molecule has 0 saturated carbocycles. The summed E-state index contributed by atoms with van der Waals surface area (Å²) in [4.78, 5) is 8.97. The topological polar surface area (TPSA) is 55.6 Å². The molecule has 0 aliphatic heterocycles. The number of hydrogen-bond donors (Lipinski definition) is 1. The highest BCUT2D eigenvalue weighted by molar-refractivity contribution is 5.35. The Bertz CT molecular complexity index is 624. The van der Waals surface area contributed by atoms with E-state index in [1.54, 1.807) is 0 Å². The van der Waals surface area contributed by atoms with E-state index in [9.17, 15) is 0 Å². The van der Waals surface area contributed by atoms with Crippen LogP contribution >= 0.6 is 0 Å². The molecule has 0 fully saturated rings. The van der Waals surface area contributed by atoms with Crippen molar-refractivity contribution in [3.63, 3.8) is 0 Å². The molecule has 112 valence electrons. The van der Waals surface area contributed by atoms with Gasteiger partial charge in [0, 0.05) is 23.6 Å². The van der Waals surface area contributed by atoms with Crippen molar-refractivity contribution in [1.82, 2.24) is 19.7 Å². The number of fused-ring (bicyclic) bond motifs is 1. The van der Waals surface area contributed by atoms with E-state index in [1.165, 1.54) is 12.0 Å². The Labute approximate surface area is 125 Å². The first-order valence-corrected chi connectivity index (χ1v) is 7.69. The van der Waals surface area contributed by atoms with Crippen molar-refractivity contribution in [2.45, 2.75) is 59.0 Å². The summed E-state index contributed by atoms with van der Waals surface area (Å²) >= 11 is 0. The number of anilines is 1. The van der Waals surface area contributed by atoms with Gasteiger partial charge in [-0.3, -0.25) is 4.68 Å². The number of nitrogens with one attached hydrogen (secondary N) is 1. The first-order chi connectivity index (χ1) is 10.0. The molecule has 1 atom stereocenters. The summed E-state index contributed by atoms with van der Waals surface area (Å²) in [7, 11) is 0. The summed E-state index contributed by atoms with van der Waals surface area (Å²) in [6, 6.07) is 2.61. The van der Waals surface area contributed by atoms with Crippen LogP contribution in [0.1, 0.15) is 61.4 Å². The van der Waals surface area contributed by atoms with Crippen molar-refractivity contribution in [1.29, 1.82) is 0 Å². The molecule has 0 saturated heterocycles. The van der Waals surface area contributed by atoms with Gasteiger partial charge in [-0.05, 0) is 58.6 Å². The van der Waals surface area contributed by atoms with Crippen LogP contribution in [-0.2, 0) is 6.42 Å². The van der Waals surface area contributed by atoms with Crippen LogP contribution in [0, 0.1) is 13.8 Å². The lowest BCUT2D eigenvalue weighted by Gasteiger charge is -2.22. The summed E-state index contributed by atoms with van der Waals surface area (Å²) in [5.74, 6) is 0.712. The first kappa shape index (κ1) is 14.0. The monoisotopic (exact) mass is 285 g/mol. The predicted octanol–water partition coefficient (Wildman–Crippen LogP) is 3.36. The number of hydrogen-bond acceptors (Lipinski definition) is 4. The van der Waals surface area contributed by atoms with E-state index < -0.39 is 0 Å². The average molecular weight is 285 g/mol. The smallest absolute Gasteiger partial charge is 0.223 e. The third-order valence-corrected chi connectivity index (χ3v) is 3.92. The van der Waals surface area contributed by atoms with Crippen LogP contribution in [0.25, 0.3) is 0 Å². The highest BCUT2D eigenvalue weighted by Crippen LogP contribution is 2.31. The molecule has 0 amide bonds. The zero-order valence-electron chi connectivity index (χ0n) is 13.2. The lowest BCUT2D eigenvalue weighted by atomic mass is 9.94. The van der Waals surface area contributed by atoms with Gasteiger partial charge >= 0.3 is 0 Å². The molecule has 5 nitrogen and oxygen atoms in total. The quantitative estimate of drug-likeness (QED) is 0.939. The highest BCUT2D eigenvalue weighted by Gasteiger charge is 2.25. The predicted molar refractivity (Wildman–Crippen MR) is 83.4 cm³/mol. The van der Waals surface area contributed by atoms with Gasteiger partial charge in [0.1, 0.15) is 0 Å². The molecule has 2 heterocycles. The summed E-state index contributed by atoms with van der Waals surface area (Å²) in [6.45, 7) is 8.32. The number of aromatic nitrogens is 4. The van der Waals surface area contributed by atoms with E-state index in [-0.39, 0.29) is 6.04 Å². The fourth-order valence-corrected chi connectivity index (χ4v) is 2.91. The molecule has 21 heavy (non-hydrogen) atoms. The zero-order chi connectivity index (χ0) is 15.0. The average Bonchev–Trinajstić information content (AvgIpc) is 2.82. The minimum atomic E-state index is 0.218. The Morgan fingerprint density at radius 2 is 1.95 bits per heavy atom. The highest BCUT2D eigenvalue weighted by atomic mass is 15.3. The molecular weight excluding hydrogens is 262 g/mol. The van der Waals surface area contributed by atoms with Crippen LogP contribution < -0.4 is 5.32 Å². The normalized spacial score (nSPS) is 17.9. The van der Waals surface area contributed by atoms with Crippen molar-refractivity contribution in [2.24, 2.45) is 0 Å². The maximum Gasteiger partial charge on any atom is 0.223 e. The summed E-state index contributed by atoms with van der Waals surface area (Å²) in [5, 5.41) is 8.24. The number of nitrogens with zero attached hydrogens (tertiary/aromatic N) is 4. The van der Waals surface area contributed by atoms with Gasteiger partial charge < -0.3 is 5.32 Å². The molecule has 0 aromatic carbocycles. The molecule has 2 aromatic heterocycles. The summed E-state index contributed by atoms with van der Waals surface area (Å²) in [5.41, 5.74) is 4.51. The van der Waals surface area contributed by atoms with Crippen LogP contribution in [0.4, 0.5) is 5.95 Å². The van der Waals surface area contributed by atoms with E-state index in [4.69, 9.17) is 5.10 Å². The van der Waals surface area contributed by atoms with Gasteiger partial charge in [0.25, 0.3) is 0 Å². The SMILES string of the molecule is Cc1cc(C)nc(NC2CCCc3cn(C(C)C)nc32)n1. The third kappa shape index (κ3) is 2.91. The molecule has 5 heteroatoms. The Balaban J connectivity index is 1.87. The van der Waals surface area contributed by atoms with Gasteiger partial charge in [-0.25, -0.2) is 9.97 Å². The Kier molecular flexibility index (Phi) is 3.66. The van der Waals surface area contributed by atoms with Crippen LogP contribution in [0.15, 0.2) is 12.3 Å². The van der Waals surface area contributed by atoms with Crippen molar-refractivity contribution in [2.75, 3.05) is 5.32 Å². The van der Waals surface area contributed by atoms with Crippen molar-refractivity contribution < 1.29 is 0 Å². The molecule has 2 aromatic rings. The second-order valence-electron chi connectivity index (χ2n) is 6.18. The molecule has 1 N–H and O–H groups in total. The first-order valence-electron chi connectivity index (χ1n) is 7.69. The van der Waals surface area contributed by atoms with E-state index in [1.807, 2.05) is 19.9 Å². The summed E-state index contributed by atoms with van der Waals surface area (Å²) in [6.07, 6.45) is 5.57. The van der Waals surface area contributed by atoms with Crippen LogP contribution in [-0.4, -0.2) is 19.7 Å². The van der Waals surface area contributed by atoms with Crippen LogP contribution in [0.5, 0.6) is 0 Å². The molecule has 3 rings (SSSR count). The van der Waals surface area contributed by atoms with Gasteiger partial charge in [-0.15, -0.1) is 0 Å². The zero-order valence-corrected chi connectivity index (χ0v) is 13.2. The van der Waals surface area contributed by atoms with Crippen LogP contribution in [0.3, 0.4) is 0 Å². The molecule has 0 radical (unpaired) electrons. The summed E-state index contributed by atoms with van der Waals surface area (Å²) < 4.78 is 2.06. The Hall–Kier alpha value is -1.91. The fourth-order valence-electron chi connectivity index (χ4n) is 2.91. The minimum Gasteiger partial charge on any atom is -0.346 e. The van der Waals surface area contributed by atoms with Crippen molar-refractivity contribution >= 4 is 5.95 Å². The van der Waals surface area contributed by atoms with Crippen molar-refractivity contribution in [3.05, 3.63) is 34.9 Å². The van der Waals surface area contributed by atoms with Gasteiger partial charge in [-0.1, -0.05) is 0 Å². The Morgan fingerprint density at radius 1 is 1.24 bits per heavy atom. The molecule has 1 aliphatic carbocycles. The van der Waals surface area contributed by atoms with Gasteiger partial charge in [0.2, 0.25) is 5.95 Å². The van der Waals surface area contributed by atoms with Crippen molar-refractivity contribution in [3.8, 4) is 0 Å². The molecule has 1 unspecified atom stereocenters. The second-order valence-corrected chi connectivity index (χ2v) is 6.18. The fraction of sp³-hybridized carbons (Fsp3) is 0.562. The molecule has 0 spiro atoms. The van der Waals surface area contributed by atoms with E-state index in [2.05, 4.69) is 40.0 Å². The van der Waals surface area contributed by atoms with Crippen LogP contribution in [0.2, 0.25) is 0 Å². The number of rotatable bonds is 3. The van der Waals surface area contributed by atoms with Gasteiger partial charge in [-0.2, -0.15) is 5.10 Å². The van der Waals surface area contributed by atoms with Gasteiger partial charge in [0.15, 0.2) is 0 Å². The van der Waals surface area contributed by atoms with E-state index >= 15 is 0 Å². The maximum absolute atomic E-state index is 4.77. The largest absolute Gasteiger partial charge is 0.346 e.